The van der Waals surface area contributed by atoms with Crippen LogP contribution in [0.25, 0.3) is 0 Å². The lowest BCUT2D eigenvalue weighted by atomic mass is 10.1. The highest BCUT2D eigenvalue weighted by atomic mass is 32.2. The van der Waals surface area contributed by atoms with Crippen molar-refractivity contribution in [1.29, 1.82) is 0 Å². The Balaban J connectivity index is 1.91. The van der Waals surface area contributed by atoms with Gasteiger partial charge in [-0.1, -0.05) is 13.8 Å². The van der Waals surface area contributed by atoms with Gasteiger partial charge in [-0.05, 0) is 19.3 Å². The van der Waals surface area contributed by atoms with Crippen molar-refractivity contribution in [2.75, 3.05) is 11.5 Å². The van der Waals surface area contributed by atoms with Crippen molar-refractivity contribution >= 4 is 15.7 Å². The molecule has 21 heavy (non-hydrogen) atoms. The number of sulfone groups is 1. The summed E-state index contributed by atoms with van der Waals surface area (Å²) in [6.07, 6.45) is 1.50. The molecule has 0 bridgehead atoms. The lowest BCUT2D eigenvalue weighted by Crippen LogP contribution is -2.43. The summed E-state index contributed by atoms with van der Waals surface area (Å²) in [5.41, 5.74) is 0. The smallest absolute Gasteiger partial charge is 0.235 e. The zero-order chi connectivity index (χ0) is 15.6. The van der Waals surface area contributed by atoms with Crippen LogP contribution in [0.15, 0.2) is 0 Å². The molecule has 0 saturated carbocycles. The van der Waals surface area contributed by atoms with E-state index in [-0.39, 0.29) is 17.7 Å². The van der Waals surface area contributed by atoms with Gasteiger partial charge in [0.1, 0.15) is 17.4 Å². The van der Waals surface area contributed by atoms with E-state index in [2.05, 4.69) is 15.5 Å². The maximum Gasteiger partial charge on any atom is 0.235 e. The zero-order valence-corrected chi connectivity index (χ0v) is 13.5. The van der Waals surface area contributed by atoms with Gasteiger partial charge in [-0.15, -0.1) is 10.2 Å². The summed E-state index contributed by atoms with van der Waals surface area (Å²) < 4.78 is 25.6. The molecule has 8 heteroatoms. The molecule has 0 saturated heterocycles. The molecule has 1 aliphatic rings. The quantitative estimate of drug-likeness (QED) is 0.831. The van der Waals surface area contributed by atoms with Gasteiger partial charge in [-0.2, -0.15) is 0 Å². The number of carbonyl (C=O) groups excluding carboxylic acids is 1. The van der Waals surface area contributed by atoms with Crippen LogP contribution in [0, 0.1) is 12.8 Å². The van der Waals surface area contributed by atoms with Crippen LogP contribution in [-0.4, -0.2) is 46.6 Å². The first-order valence-corrected chi connectivity index (χ1v) is 8.97. The predicted molar refractivity (Wildman–Crippen MR) is 78.5 cm³/mol. The van der Waals surface area contributed by atoms with Gasteiger partial charge in [0.15, 0.2) is 9.84 Å². The van der Waals surface area contributed by atoms with E-state index < -0.39 is 21.5 Å². The first-order valence-electron chi connectivity index (χ1n) is 7.15. The van der Waals surface area contributed by atoms with Gasteiger partial charge in [0.25, 0.3) is 0 Å². The molecule has 0 fully saturated rings. The van der Waals surface area contributed by atoms with Crippen molar-refractivity contribution in [3.63, 3.8) is 0 Å². The molecule has 0 spiro atoms. The maximum atomic E-state index is 11.9. The second kappa shape index (κ2) is 6.13. The Hall–Kier alpha value is -1.44. The molecule has 1 amide bonds. The molecule has 1 atom stereocenters. The third-order valence-electron chi connectivity index (χ3n) is 3.44. The molecule has 118 valence electrons. The van der Waals surface area contributed by atoms with E-state index >= 15 is 0 Å². The fraction of sp³-hybridized carbons (Fsp3) is 0.769. The van der Waals surface area contributed by atoms with E-state index in [0.717, 1.165) is 24.5 Å². The largest absolute Gasteiger partial charge is 0.351 e. The second-order valence-corrected chi connectivity index (χ2v) is 8.13. The highest BCUT2D eigenvalue weighted by Crippen LogP contribution is 2.14. The van der Waals surface area contributed by atoms with Crippen molar-refractivity contribution in [2.24, 2.45) is 5.92 Å². The van der Waals surface area contributed by atoms with Crippen molar-refractivity contribution in [3.8, 4) is 0 Å². The molecule has 1 aromatic heterocycles. The minimum Gasteiger partial charge on any atom is -0.351 e. The van der Waals surface area contributed by atoms with E-state index in [9.17, 15) is 13.2 Å². The molecule has 0 unspecified atom stereocenters. The highest BCUT2D eigenvalue weighted by Gasteiger charge is 2.25. The summed E-state index contributed by atoms with van der Waals surface area (Å²) in [5, 5.41) is 10.9. The third-order valence-corrected chi connectivity index (χ3v) is 5.31. The van der Waals surface area contributed by atoms with Crippen LogP contribution < -0.4 is 5.32 Å². The molecular weight excluding hydrogens is 292 g/mol. The minimum atomic E-state index is -3.33. The number of hydrogen-bond donors (Lipinski definition) is 1. The monoisotopic (exact) mass is 314 g/mol. The fourth-order valence-electron chi connectivity index (χ4n) is 2.62. The molecule has 1 aromatic rings. The molecule has 0 aromatic carbocycles. The third kappa shape index (κ3) is 4.26. The Morgan fingerprint density at radius 3 is 2.81 bits per heavy atom. The Labute approximate surface area is 125 Å². The maximum absolute atomic E-state index is 11.9. The Morgan fingerprint density at radius 1 is 1.43 bits per heavy atom. The standard InChI is InChI=1S/C13H22N4O3S/c1-9(2)7-21(19,20)8-13(18)14-11-4-5-12-16-15-10(3)17(12)6-11/h9,11H,4-8H2,1-3H3,(H,14,18)/t11-/m1/s1. The summed E-state index contributed by atoms with van der Waals surface area (Å²) in [6, 6.07) is -0.0612. The number of amides is 1. The molecule has 1 aliphatic heterocycles. The number of carbonyl (C=O) groups is 1. The van der Waals surface area contributed by atoms with Crippen LogP contribution in [0.4, 0.5) is 0 Å². The van der Waals surface area contributed by atoms with Crippen LogP contribution in [0.1, 0.15) is 31.9 Å². The fourth-order valence-corrected chi connectivity index (χ4v) is 4.23. The highest BCUT2D eigenvalue weighted by molar-refractivity contribution is 7.92. The van der Waals surface area contributed by atoms with Gasteiger partial charge in [0, 0.05) is 19.0 Å². The van der Waals surface area contributed by atoms with Crippen molar-refractivity contribution in [1.82, 2.24) is 20.1 Å². The molecule has 7 nitrogen and oxygen atoms in total. The average molecular weight is 314 g/mol. The van der Waals surface area contributed by atoms with Crippen LogP contribution in [0.5, 0.6) is 0 Å². The Morgan fingerprint density at radius 2 is 2.14 bits per heavy atom. The zero-order valence-electron chi connectivity index (χ0n) is 12.7. The first kappa shape index (κ1) is 15.9. The van der Waals surface area contributed by atoms with Gasteiger partial charge in [-0.3, -0.25) is 4.79 Å². The van der Waals surface area contributed by atoms with Gasteiger partial charge in [0.05, 0.1) is 5.75 Å². The van der Waals surface area contributed by atoms with Gasteiger partial charge >= 0.3 is 0 Å². The first-order chi connectivity index (χ1) is 9.77. The molecule has 2 rings (SSSR count). The van der Waals surface area contributed by atoms with Crippen LogP contribution >= 0.6 is 0 Å². The van der Waals surface area contributed by atoms with E-state index in [1.54, 1.807) is 0 Å². The van der Waals surface area contributed by atoms with Crippen molar-refractivity contribution in [3.05, 3.63) is 11.6 Å². The van der Waals surface area contributed by atoms with Crippen molar-refractivity contribution in [2.45, 2.75) is 46.2 Å². The Kier molecular flexibility index (Phi) is 4.65. The summed E-state index contributed by atoms with van der Waals surface area (Å²) >= 11 is 0. The molecular formula is C13H22N4O3S. The van der Waals surface area contributed by atoms with Crippen molar-refractivity contribution < 1.29 is 13.2 Å². The number of aryl methyl sites for hydroxylation is 2. The number of nitrogens with one attached hydrogen (secondary N) is 1. The number of hydrogen-bond acceptors (Lipinski definition) is 5. The van der Waals surface area contributed by atoms with Gasteiger partial charge < -0.3 is 9.88 Å². The Bertz CT molecular complexity index is 621. The van der Waals surface area contributed by atoms with E-state index in [1.165, 1.54) is 0 Å². The second-order valence-electron chi connectivity index (χ2n) is 6.03. The number of fused-ring (bicyclic) bond motifs is 1. The van der Waals surface area contributed by atoms with Gasteiger partial charge in [0.2, 0.25) is 5.91 Å². The molecule has 0 radical (unpaired) electrons. The molecule has 2 heterocycles. The van der Waals surface area contributed by atoms with Crippen LogP contribution in [-0.2, 0) is 27.6 Å². The number of nitrogens with zero attached hydrogens (tertiary/aromatic N) is 3. The summed E-state index contributed by atoms with van der Waals surface area (Å²) in [5.74, 6) is 0.950. The minimum absolute atomic E-state index is 0.0275. The summed E-state index contributed by atoms with van der Waals surface area (Å²) in [4.78, 5) is 11.9. The normalized spacial score (nSPS) is 18.6. The number of aromatic nitrogens is 3. The van der Waals surface area contributed by atoms with E-state index in [0.29, 0.717) is 6.54 Å². The summed E-state index contributed by atoms with van der Waals surface area (Å²) in [7, 11) is -3.33. The lowest BCUT2D eigenvalue weighted by molar-refractivity contribution is -0.119. The summed E-state index contributed by atoms with van der Waals surface area (Å²) in [6.45, 7) is 6.12. The molecule has 0 aliphatic carbocycles. The van der Waals surface area contributed by atoms with Crippen LogP contribution in [0.3, 0.4) is 0 Å². The lowest BCUT2D eigenvalue weighted by Gasteiger charge is -2.24. The predicted octanol–water partition coefficient (Wildman–Crippen LogP) is 0.0883. The van der Waals surface area contributed by atoms with Gasteiger partial charge in [-0.25, -0.2) is 8.42 Å². The molecule has 1 N–H and O–H groups in total. The number of rotatable bonds is 5. The SMILES string of the molecule is Cc1nnc2n1C[C@H](NC(=O)CS(=O)(=O)CC(C)C)CC2. The van der Waals surface area contributed by atoms with Crippen LogP contribution in [0.2, 0.25) is 0 Å². The van der Waals surface area contributed by atoms with E-state index in [4.69, 9.17) is 0 Å². The average Bonchev–Trinajstić information content (AvgIpc) is 2.68. The topological polar surface area (TPSA) is 93.9 Å². The van der Waals surface area contributed by atoms with E-state index in [1.807, 2.05) is 25.3 Å².